The lowest BCUT2D eigenvalue weighted by molar-refractivity contribution is -0.133. The first-order chi connectivity index (χ1) is 6.59. The van der Waals surface area contributed by atoms with Gasteiger partial charge in [0.25, 0.3) is 0 Å². The summed E-state index contributed by atoms with van der Waals surface area (Å²) in [6, 6.07) is 3.09. The third-order valence-electron chi connectivity index (χ3n) is 2.24. The number of phenolic OH excluding ortho intramolecular Hbond substituents is 1. The molecule has 0 fully saturated rings. The van der Waals surface area contributed by atoms with E-state index in [9.17, 15) is 9.90 Å². The van der Waals surface area contributed by atoms with Crippen molar-refractivity contribution in [2.24, 2.45) is 0 Å². The number of carbonyl (C=O) groups excluding carboxylic acids is 1. The van der Waals surface area contributed by atoms with Crippen LogP contribution in [0.2, 0.25) is 0 Å². The molecule has 4 heteroatoms. The number of carbonyl (C=O) groups is 1. The van der Waals surface area contributed by atoms with Crippen LogP contribution in [0.1, 0.15) is 17.5 Å². The van der Waals surface area contributed by atoms with Crippen LogP contribution in [0.4, 0.5) is 0 Å². The Morgan fingerprint density at radius 1 is 1.50 bits per heavy atom. The minimum atomic E-state index is -0.448. The number of hydrogen-bond donors (Lipinski definition) is 2. The molecule has 0 amide bonds. The molecule has 2 rings (SSSR count). The van der Waals surface area contributed by atoms with Gasteiger partial charge in [-0.05, 0) is 19.1 Å². The molecule has 0 unspecified atom stereocenters. The number of nitrogens with one attached hydrogen (secondary N) is 1. The highest BCUT2D eigenvalue weighted by Crippen LogP contribution is 2.34. The predicted octanol–water partition coefficient (Wildman–Crippen LogP) is 1.38. The Labute approximate surface area is 80.6 Å². The summed E-state index contributed by atoms with van der Waals surface area (Å²) < 4.78 is 4.97. The highest BCUT2D eigenvalue weighted by atomic mass is 16.5. The summed E-state index contributed by atoms with van der Waals surface area (Å²) in [6.07, 6.45) is -0.00276. The monoisotopic (exact) mass is 191 g/mol. The summed E-state index contributed by atoms with van der Waals surface area (Å²) in [7, 11) is 0. The molecular weight excluding hydrogens is 182 g/mol. The van der Waals surface area contributed by atoms with E-state index in [1.165, 1.54) is 6.07 Å². The molecule has 0 bridgehead atoms. The van der Waals surface area contributed by atoms with Gasteiger partial charge in [-0.1, -0.05) is 0 Å². The van der Waals surface area contributed by atoms with E-state index in [0.29, 0.717) is 16.9 Å². The fourth-order valence-corrected chi connectivity index (χ4v) is 1.44. The van der Waals surface area contributed by atoms with Crippen molar-refractivity contribution in [2.45, 2.75) is 13.3 Å². The van der Waals surface area contributed by atoms with Crippen molar-refractivity contribution in [3.05, 3.63) is 23.3 Å². The van der Waals surface area contributed by atoms with Gasteiger partial charge in [-0.2, -0.15) is 0 Å². The van der Waals surface area contributed by atoms with Crippen molar-refractivity contribution in [1.29, 1.82) is 5.41 Å². The molecule has 1 heterocycles. The van der Waals surface area contributed by atoms with Gasteiger partial charge in [0.1, 0.15) is 11.5 Å². The fraction of sp³-hybridized carbons (Fsp3) is 0.200. The number of fused-ring (bicyclic) bond motifs is 1. The second-order valence-electron chi connectivity index (χ2n) is 3.22. The highest BCUT2D eigenvalue weighted by molar-refractivity contribution is 6.12. The molecule has 0 atom stereocenters. The van der Waals surface area contributed by atoms with Crippen molar-refractivity contribution in [3.63, 3.8) is 0 Å². The maximum absolute atomic E-state index is 11.1. The van der Waals surface area contributed by atoms with Crippen molar-refractivity contribution < 1.29 is 14.6 Å². The number of phenols is 1. The molecule has 4 nitrogen and oxygen atoms in total. The Bertz CT molecular complexity index is 437. The van der Waals surface area contributed by atoms with Gasteiger partial charge in [-0.3, -0.25) is 4.79 Å². The van der Waals surface area contributed by atoms with E-state index in [0.717, 1.165) is 0 Å². The molecule has 0 saturated carbocycles. The van der Waals surface area contributed by atoms with Gasteiger partial charge in [-0.25, -0.2) is 0 Å². The lowest BCUT2D eigenvalue weighted by Crippen LogP contribution is -2.22. The van der Waals surface area contributed by atoms with Crippen LogP contribution in [-0.2, 0) is 4.79 Å². The zero-order valence-corrected chi connectivity index (χ0v) is 7.63. The topological polar surface area (TPSA) is 70.4 Å². The normalized spacial score (nSPS) is 14.9. The Balaban J connectivity index is 2.65. The van der Waals surface area contributed by atoms with E-state index in [1.807, 2.05) is 0 Å². The van der Waals surface area contributed by atoms with Gasteiger partial charge in [0, 0.05) is 11.1 Å². The molecule has 14 heavy (non-hydrogen) atoms. The molecule has 0 aromatic heterocycles. The number of aromatic hydroxyl groups is 1. The fourth-order valence-electron chi connectivity index (χ4n) is 1.44. The third kappa shape index (κ3) is 1.16. The molecule has 0 radical (unpaired) electrons. The van der Waals surface area contributed by atoms with Gasteiger partial charge in [0.2, 0.25) is 0 Å². The summed E-state index contributed by atoms with van der Waals surface area (Å²) in [5.74, 6) is -0.0614. The van der Waals surface area contributed by atoms with E-state index >= 15 is 0 Å². The van der Waals surface area contributed by atoms with Gasteiger partial charge in [0.05, 0.1) is 12.1 Å². The Kier molecular flexibility index (Phi) is 1.77. The number of esters is 1. The Hall–Kier alpha value is -1.84. The summed E-state index contributed by atoms with van der Waals surface area (Å²) in [4.78, 5) is 11.1. The zero-order chi connectivity index (χ0) is 10.3. The Morgan fingerprint density at radius 3 is 2.93 bits per heavy atom. The highest BCUT2D eigenvalue weighted by Gasteiger charge is 2.24. The second kappa shape index (κ2) is 2.83. The van der Waals surface area contributed by atoms with Gasteiger partial charge < -0.3 is 15.3 Å². The molecule has 1 aliphatic heterocycles. The van der Waals surface area contributed by atoms with Crippen LogP contribution in [0.5, 0.6) is 11.5 Å². The largest absolute Gasteiger partial charge is 0.508 e. The van der Waals surface area contributed by atoms with E-state index in [4.69, 9.17) is 10.1 Å². The van der Waals surface area contributed by atoms with Crippen molar-refractivity contribution in [3.8, 4) is 11.5 Å². The lowest BCUT2D eigenvalue weighted by Gasteiger charge is -2.18. The van der Waals surface area contributed by atoms with Crippen molar-refractivity contribution in [1.82, 2.24) is 0 Å². The number of hydrogen-bond acceptors (Lipinski definition) is 4. The van der Waals surface area contributed by atoms with E-state index in [1.54, 1.807) is 13.0 Å². The number of ether oxygens (including phenoxy) is 1. The summed E-state index contributed by atoms with van der Waals surface area (Å²) in [5.41, 5.74) is 1.32. The summed E-state index contributed by atoms with van der Waals surface area (Å²) >= 11 is 0. The first kappa shape index (κ1) is 8.74. The molecule has 2 N–H and O–H groups in total. The van der Waals surface area contributed by atoms with Crippen LogP contribution < -0.4 is 4.74 Å². The van der Waals surface area contributed by atoms with Crippen molar-refractivity contribution in [2.75, 3.05) is 0 Å². The minimum Gasteiger partial charge on any atom is -0.508 e. The molecule has 1 aliphatic rings. The Morgan fingerprint density at radius 2 is 2.21 bits per heavy atom. The molecule has 0 aliphatic carbocycles. The molecular formula is C10H9NO3. The predicted molar refractivity (Wildman–Crippen MR) is 49.9 cm³/mol. The number of benzene rings is 1. The first-order valence-corrected chi connectivity index (χ1v) is 4.20. The molecule has 72 valence electrons. The summed E-state index contributed by atoms with van der Waals surface area (Å²) in [5, 5.41) is 17.0. The molecule has 0 saturated heterocycles. The maximum atomic E-state index is 11.1. The van der Waals surface area contributed by atoms with E-state index < -0.39 is 5.97 Å². The first-order valence-electron chi connectivity index (χ1n) is 4.20. The average molecular weight is 191 g/mol. The smallest absolute Gasteiger partial charge is 0.317 e. The summed E-state index contributed by atoms with van der Waals surface area (Å²) in [6.45, 7) is 1.65. The average Bonchev–Trinajstić information content (AvgIpc) is 2.12. The van der Waals surface area contributed by atoms with Gasteiger partial charge in [0.15, 0.2) is 0 Å². The molecule has 0 spiro atoms. The third-order valence-corrected chi connectivity index (χ3v) is 2.24. The molecule has 1 aromatic rings. The standard InChI is InChI=1S/C10H9NO3/c1-5-8(12)3-2-6-7(11)4-9(13)14-10(5)6/h2-3,11-12H,4H2,1H3. The lowest BCUT2D eigenvalue weighted by atomic mass is 10.0. The van der Waals surface area contributed by atoms with Crippen LogP contribution in [0.25, 0.3) is 0 Å². The van der Waals surface area contributed by atoms with Crippen LogP contribution in [0, 0.1) is 12.3 Å². The maximum Gasteiger partial charge on any atom is 0.317 e. The molecule has 1 aromatic carbocycles. The van der Waals surface area contributed by atoms with E-state index in [-0.39, 0.29) is 17.9 Å². The van der Waals surface area contributed by atoms with E-state index in [2.05, 4.69) is 0 Å². The van der Waals surface area contributed by atoms with Gasteiger partial charge >= 0.3 is 5.97 Å². The quantitative estimate of drug-likeness (QED) is 0.480. The van der Waals surface area contributed by atoms with Crippen molar-refractivity contribution >= 4 is 11.7 Å². The van der Waals surface area contributed by atoms with Gasteiger partial charge in [-0.15, -0.1) is 0 Å². The van der Waals surface area contributed by atoms with Crippen LogP contribution >= 0.6 is 0 Å². The zero-order valence-electron chi connectivity index (χ0n) is 7.63. The van der Waals surface area contributed by atoms with Crippen LogP contribution in [0.15, 0.2) is 12.1 Å². The van der Waals surface area contributed by atoms with Crippen LogP contribution in [-0.4, -0.2) is 16.8 Å². The minimum absolute atomic E-state index is 0.00276. The second-order valence-corrected chi connectivity index (χ2v) is 3.22. The van der Waals surface area contributed by atoms with Crippen LogP contribution in [0.3, 0.4) is 0 Å². The number of rotatable bonds is 0. The SMILES string of the molecule is Cc1c(O)ccc2c1OC(=O)CC2=N.